The van der Waals surface area contributed by atoms with Crippen molar-refractivity contribution in [2.75, 3.05) is 6.54 Å². The molecule has 24 heavy (non-hydrogen) atoms. The molecular formula is C18H20N2O4. The Labute approximate surface area is 140 Å². The van der Waals surface area contributed by atoms with Crippen LogP contribution in [-0.2, 0) is 16.0 Å². The van der Waals surface area contributed by atoms with E-state index in [9.17, 15) is 9.59 Å². The fraction of sp³-hybridized carbons (Fsp3) is 0.389. The molecule has 1 aromatic carbocycles. The number of hydrogen-bond acceptors (Lipinski definition) is 4. The SMILES string of the molecule is C[C@@H](CN(C(=O)Cc1coc(-c2ccccc2)n1)C1CC1)C(=O)O. The van der Waals surface area contributed by atoms with Gasteiger partial charge in [-0.2, -0.15) is 0 Å². The monoisotopic (exact) mass is 328 g/mol. The van der Waals surface area contributed by atoms with Crippen LogP contribution in [0.3, 0.4) is 0 Å². The molecule has 1 aromatic heterocycles. The van der Waals surface area contributed by atoms with Gasteiger partial charge in [-0.15, -0.1) is 0 Å². The van der Waals surface area contributed by atoms with Crippen molar-refractivity contribution in [1.29, 1.82) is 0 Å². The molecule has 1 atom stereocenters. The molecule has 0 aliphatic heterocycles. The highest BCUT2D eigenvalue weighted by molar-refractivity contribution is 5.80. The summed E-state index contributed by atoms with van der Waals surface area (Å²) >= 11 is 0. The van der Waals surface area contributed by atoms with Crippen molar-refractivity contribution in [3.05, 3.63) is 42.3 Å². The zero-order valence-electron chi connectivity index (χ0n) is 13.5. The highest BCUT2D eigenvalue weighted by atomic mass is 16.4. The first-order chi connectivity index (χ1) is 11.5. The number of amides is 1. The number of hydrogen-bond donors (Lipinski definition) is 1. The molecule has 0 bridgehead atoms. The molecule has 2 aromatic rings. The molecule has 0 saturated heterocycles. The van der Waals surface area contributed by atoms with Gasteiger partial charge >= 0.3 is 5.97 Å². The summed E-state index contributed by atoms with van der Waals surface area (Å²) in [6, 6.07) is 9.65. The number of carboxylic acids is 1. The summed E-state index contributed by atoms with van der Waals surface area (Å²) < 4.78 is 5.45. The number of carbonyl (C=O) groups excluding carboxylic acids is 1. The molecule has 1 N–H and O–H groups in total. The van der Waals surface area contributed by atoms with Crippen molar-refractivity contribution in [2.45, 2.75) is 32.2 Å². The molecule has 1 aliphatic rings. The largest absolute Gasteiger partial charge is 0.481 e. The van der Waals surface area contributed by atoms with Crippen LogP contribution in [0, 0.1) is 5.92 Å². The lowest BCUT2D eigenvalue weighted by Crippen LogP contribution is -2.39. The van der Waals surface area contributed by atoms with Gasteiger partial charge in [0.1, 0.15) is 6.26 Å². The molecule has 6 heteroatoms. The minimum Gasteiger partial charge on any atom is -0.481 e. The number of carbonyl (C=O) groups is 2. The Hall–Kier alpha value is -2.63. The molecular weight excluding hydrogens is 308 g/mol. The fourth-order valence-corrected chi connectivity index (χ4v) is 2.57. The van der Waals surface area contributed by atoms with E-state index in [4.69, 9.17) is 9.52 Å². The zero-order chi connectivity index (χ0) is 17.1. The maximum absolute atomic E-state index is 12.5. The highest BCUT2D eigenvalue weighted by Crippen LogP contribution is 2.28. The number of nitrogens with zero attached hydrogens (tertiary/aromatic N) is 2. The minimum atomic E-state index is -0.888. The first kappa shape index (κ1) is 16.2. The van der Waals surface area contributed by atoms with E-state index >= 15 is 0 Å². The second-order valence-electron chi connectivity index (χ2n) is 6.20. The van der Waals surface area contributed by atoms with E-state index < -0.39 is 11.9 Å². The van der Waals surface area contributed by atoms with Gasteiger partial charge in [-0.3, -0.25) is 9.59 Å². The Bertz CT molecular complexity index is 722. The minimum absolute atomic E-state index is 0.0986. The van der Waals surface area contributed by atoms with Crippen molar-refractivity contribution in [3.63, 3.8) is 0 Å². The van der Waals surface area contributed by atoms with E-state index in [2.05, 4.69) is 4.98 Å². The van der Waals surface area contributed by atoms with E-state index in [0.29, 0.717) is 11.6 Å². The maximum atomic E-state index is 12.5. The third kappa shape index (κ3) is 3.82. The van der Waals surface area contributed by atoms with Crippen LogP contribution in [0.15, 0.2) is 41.0 Å². The van der Waals surface area contributed by atoms with Crippen LogP contribution in [0.4, 0.5) is 0 Å². The van der Waals surface area contributed by atoms with Crippen molar-refractivity contribution >= 4 is 11.9 Å². The molecule has 1 heterocycles. The van der Waals surface area contributed by atoms with E-state index in [1.165, 1.54) is 6.26 Å². The number of rotatable bonds is 7. The Morgan fingerprint density at radius 2 is 2.04 bits per heavy atom. The molecule has 1 saturated carbocycles. The van der Waals surface area contributed by atoms with Gasteiger partial charge in [-0.05, 0) is 25.0 Å². The van der Waals surface area contributed by atoms with E-state index in [0.717, 1.165) is 18.4 Å². The molecule has 1 amide bonds. The number of aromatic nitrogens is 1. The number of benzene rings is 1. The first-order valence-electron chi connectivity index (χ1n) is 8.06. The summed E-state index contributed by atoms with van der Waals surface area (Å²) in [5.41, 5.74) is 1.42. The number of carboxylic acid groups (broad SMARTS) is 1. The second-order valence-corrected chi connectivity index (χ2v) is 6.20. The van der Waals surface area contributed by atoms with Gasteiger partial charge in [0.25, 0.3) is 0 Å². The van der Waals surface area contributed by atoms with Crippen LogP contribution in [-0.4, -0.2) is 39.5 Å². The van der Waals surface area contributed by atoms with Crippen LogP contribution in [0.5, 0.6) is 0 Å². The van der Waals surface area contributed by atoms with Gasteiger partial charge in [-0.25, -0.2) is 4.98 Å². The average Bonchev–Trinajstić information content (AvgIpc) is 3.31. The van der Waals surface area contributed by atoms with Gasteiger partial charge in [-0.1, -0.05) is 25.1 Å². The molecule has 0 radical (unpaired) electrons. The summed E-state index contributed by atoms with van der Waals surface area (Å²) in [6.07, 6.45) is 3.49. The quantitative estimate of drug-likeness (QED) is 0.844. The van der Waals surface area contributed by atoms with Gasteiger partial charge < -0.3 is 14.4 Å². The van der Waals surface area contributed by atoms with E-state index in [1.807, 2.05) is 30.3 Å². The summed E-state index contributed by atoms with van der Waals surface area (Å²) in [7, 11) is 0. The normalized spacial score (nSPS) is 15.0. The molecule has 1 fully saturated rings. The standard InChI is InChI=1S/C18H20N2O4/c1-12(18(22)23)10-20(15-7-8-15)16(21)9-14-11-24-17(19-14)13-5-3-2-4-6-13/h2-6,11-12,15H,7-10H2,1H3,(H,22,23)/t12-/m0/s1. The molecule has 3 rings (SSSR count). The molecule has 0 spiro atoms. The van der Waals surface area contributed by atoms with Crippen LogP contribution < -0.4 is 0 Å². The Balaban J connectivity index is 1.67. The van der Waals surface area contributed by atoms with Gasteiger partial charge in [0.2, 0.25) is 11.8 Å². The lowest BCUT2D eigenvalue weighted by atomic mass is 10.1. The predicted octanol–water partition coefficient (Wildman–Crippen LogP) is 2.60. The molecule has 1 aliphatic carbocycles. The van der Waals surface area contributed by atoms with E-state index in [1.54, 1.807) is 11.8 Å². The lowest BCUT2D eigenvalue weighted by molar-refractivity contribution is -0.143. The summed E-state index contributed by atoms with van der Waals surface area (Å²) in [6.45, 7) is 1.86. The number of aliphatic carboxylic acids is 1. The van der Waals surface area contributed by atoms with Crippen molar-refractivity contribution < 1.29 is 19.1 Å². The van der Waals surface area contributed by atoms with E-state index in [-0.39, 0.29) is 24.9 Å². The molecule has 126 valence electrons. The Morgan fingerprint density at radius 1 is 1.33 bits per heavy atom. The topological polar surface area (TPSA) is 83.6 Å². The van der Waals surface area contributed by atoms with Crippen LogP contribution in [0.25, 0.3) is 11.5 Å². The van der Waals surface area contributed by atoms with Crippen molar-refractivity contribution in [2.24, 2.45) is 5.92 Å². The van der Waals surface area contributed by atoms with Crippen LogP contribution >= 0.6 is 0 Å². The summed E-state index contributed by atoms with van der Waals surface area (Å²) in [4.78, 5) is 29.6. The van der Waals surface area contributed by atoms with Gasteiger partial charge in [0.05, 0.1) is 18.0 Å². The summed E-state index contributed by atoms with van der Waals surface area (Å²) in [5.74, 6) is -1.08. The average molecular weight is 328 g/mol. The highest BCUT2D eigenvalue weighted by Gasteiger charge is 2.34. The Morgan fingerprint density at radius 3 is 2.67 bits per heavy atom. The molecule has 0 unspecified atom stereocenters. The third-order valence-corrected chi connectivity index (χ3v) is 4.10. The van der Waals surface area contributed by atoms with Crippen LogP contribution in [0.2, 0.25) is 0 Å². The second kappa shape index (κ2) is 6.86. The smallest absolute Gasteiger partial charge is 0.308 e. The van der Waals surface area contributed by atoms with Gasteiger partial charge in [0.15, 0.2) is 0 Å². The predicted molar refractivity (Wildman–Crippen MR) is 87.2 cm³/mol. The fourth-order valence-electron chi connectivity index (χ4n) is 2.57. The van der Waals surface area contributed by atoms with Gasteiger partial charge in [0, 0.05) is 18.2 Å². The third-order valence-electron chi connectivity index (χ3n) is 4.10. The van der Waals surface area contributed by atoms with Crippen molar-refractivity contribution in [3.8, 4) is 11.5 Å². The summed E-state index contributed by atoms with van der Waals surface area (Å²) in [5, 5.41) is 9.07. The van der Waals surface area contributed by atoms with Crippen LogP contribution in [0.1, 0.15) is 25.5 Å². The zero-order valence-corrected chi connectivity index (χ0v) is 13.5. The number of oxazole rings is 1. The Kier molecular flexibility index (Phi) is 4.64. The lowest BCUT2D eigenvalue weighted by Gasteiger charge is -2.24. The maximum Gasteiger partial charge on any atom is 0.308 e. The van der Waals surface area contributed by atoms with Crippen molar-refractivity contribution in [1.82, 2.24) is 9.88 Å². The first-order valence-corrected chi connectivity index (χ1v) is 8.06. The molecule has 6 nitrogen and oxygen atoms in total.